The third-order valence-corrected chi connectivity index (χ3v) is 5.39. The smallest absolute Gasteiger partial charge is 0.191 e. The lowest BCUT2D eigenvalue weighted by Gasteiger charge is -2.25. The molecule has 0 saturated carbocycles. The first-order valence-corrected chi connectivity index (χ1v) is 10.2. The summed E-state index contributed by atoms with van der Waals surface area (Å²) >= 11 is 6.14. The van der Waals surface area contributed by atoms with Gasteiger partial charge in [0.05, 0.1) is 6.54 Å². The fourth-order valence-electron chi connectivity index (χ4n) is 3.73. The number of hydrogen-bond donors (Lipinski definition) is 3. The van der Waals surface area contributed by atoms with E-state index < -0.39 is 0 Å². The van der Waals surface area contributed by atoms with E-state index in [4.69, 9.17) is 16.3 Å². The van der Waals surface area contributed by atoms with Gasteiger partial charge < -0.3 is 20.4 Å². The van der Waals surface area contributed by atoms with Crippen molar-refractivity contribution in [2.75, 3.05) is 20.7 Å². The molecule has 3 heterocycles. The Morgan fingerprint density at radius 3 is 3.17 bits per heavy atom. The summed E-state index contributed by atoms with van der Waals surface area (Å²) in [5.41, 5.74) is 2.34. The number of H-pyrrole nitrogens is 1. The molecular weight excluding hydrogens is 390 g/mol. The second kappa shape index (κ2) is 8.84. The molecule has 0 spiro atoms. The predicted octanol–water partition coefficient (Wildman–Crippen LogP) is 2.28. The van der Waals surface area contributed by atoms with Crippen molar-refractivity contribution in [3.63, 3.8) is 0 Å². The summed E-state index contributed by atoms with van der Waals surface area (Å²) in [5.74, 6) is 2.56. The maximum absolute atomic E-state index is 6.14. The molecule has 29 heavy (non-hydrogen) atoms. The van der Waals surface area contributed by atoms with Crippen LogP contribution in [0.15, 0.2) is 29.4 Å². The molecule has 1 atom stereocenters. The highest BCUT2D eigenvalue weighted by molar-refractivity contribution is 6.31. The van der Waals surface area contributed by atoms with Crippen LogP contribution in [-0.4, -0.2) is 52.5 Å². The minimum absolute atomic E-state index is 0.262. The molecule has 4 rings (SSSR count). The SMILES string of the molecule is CN=C(NCCc1c[nH]c2ccc(Cl)cc12)NC1CCc2nc(COC)nn2C1. The van der Waals surface area contributed by atoms with Crippen LogP contribution in [0.5, 0.6) is 0 Å². The van der Waals surface area contributed by atoms with Gasteiger partial charge in [-0.25, -0.2) is 9.67 Å². The van der Waals surface area contributed by atoms with Crippen molar-refractivity contribution in [2.45, 2.75) is 38.5 Å². The van der Waals surface area contributed by atoms with Crippen molar-refractivity contribution in [1.82, 2.24) is 30.4 Å². The van der Waals surface area contributed by atoms with Crippen molar-refractivity contribution in [1.29, 1.82) is 0 Å². The van der Waals surface area contributed by atoms with E-state index in [1.165, 1.54) is 10.9 Å². The van der Waals surface area contributed by atoms with Crippen LogP contribution in [0.3, 0.4) is 0 Å². The van der Waals surface area contributed by atoms with Crippen molar-refractivity contribution < 1.29 is 4.74 Å². The molecule has 0 fully saturated rings. The molecule has 8 nitrogen and oxygen atoms in total. The van der Waals surface area contributed by atoms with Gasteiger partial charge in [0, 0.05) is 55.3 Å². The van der Waals surface area contributed by atoms with Gasteiger partial charge in [0.25, 0.3) is 0 Å². The fraction of sp³-hybridized carbons (Fsp3) is 0.450. The molecule has 1 aliphatic heterocycles. The van der Waals surface area contributed by atoms with E-state index >= 15 is 0 Å². The maximum atomic E-state index is 6.14. The minimum atomic E-state index is 0.262. The van der Waals surface area contributed by atoms with Crippen molar-refractivity contribution in [3.05, 3.63) is 46.6 Å². The number of halogens is 1. The van der Waals surface area contributed by atoms with Crippen LogP contribution in [0, 0.1) is 0 Å². The zero-order valence-corrected chi connectivity index (χ0v) is 17.5. The number of rotatable bonds is 6. The number of methoxy groups -OCH3 is 1. The van der Waals surface area contributed by atoms with Crippen molar-refractivity contribution in [2.24, 2.45) is 4.99 Å². The van der Waals surface area contributed by atoms with E-state index in [1.54, 1.807) is 14.2 Å². The van der Waals surface area contributed by atoms with Crippen LogP contribution in [0.2, 0.25) is 5.02 Å². The lowest BCUT2D eigenvalue weighted by atomic mass is 10.1. The molecule has 1 aromatic carbocycles. The van der Waals surface area contributed by atoms with E-state index in [-0.39, 0.29) is 6.04 Å². The standard InChI is InChI=1S/C20H26ClN7O/c1-22-20(23-8-7-13-10-24-17-5-3-14(21)9-16(13)17)25-15-4-6-19-26-18(12-29-2)27-28(19)11-15/h3,5,9-10,15,24H,4,6-8,11-12H2,1-2H3,(H2,22,23,25). The third kappa shape index (κ3) is 4.54. The van der Waals surface area contributed by atoms with Crippen LogP contribution in [0.4, 0.5) is 0 Å². The normalized spacial score (nSPS) is 16.8. The van der Waals surface area contributed by atoms with E-state index in [2.05, 4.69) is 30.7 Å². The average Bonchev–Trinajstić information content (AvgIpc) is 3.30. The first kappa shape index (κ1) is 19.7. The van der Waals surface area contributed by atoms with Gasteiger partial charge in [0.1, 0.15) is 12.4 Å². The van der Waals surface area contributed by atoms with Gasteiger partial charge in [-0.15, -0.1) is 0 Å². The number of benzene rings is 1. The molecule has 1 aliphatic rings. The van der Waals surface area contributed by atoms with Gasteiger partial charge >= 0.3 is 0 Å². The fourth-order valence-corrected chi connectivity index (χ4v) is 3.90. The largest absolute Gasteiger partial charge is 0.377 e. The third-order valence-electron chi connectivity index (χ3n) is 5.16. The van der Waals surface area contributed by atoms with E-state index in [1.807, 2.05) is 29.1 Å². The van der Waals surface area contributed by atoms with Crippen LogP contribution in [0.1, 0.15) is 23.6 Å². The molecule has 1 unspecified atom stereocenters. The predicted molar refractivity (Wildman–Crippen MR) is 114 cm³/mol. The molecule has 154 valence electrons. The monoisotopic (exact) mass is 415 g/mol. The highest BCUT2D eigenvalue weighted by atomic mass is 35.5. The first-order chi connectivity index (χ1) is 14.2. The summed E-state index contributed by atoms with van der Waals surface area (Å²) in [7, 11) is 3.45. The van der Waals surface area contributed by atoms with Crippen molar-refractivity contribution >= 4 is 28.5 Å². The quantitative estimate of drug-likeness (QED) is 0.424. The van der Waals surface area contributed by atoms with E-state index in [9.17, 15) is 0 Å². The van der Waals surface area contributed by atoms with Crippen LogP contribution in [0.25, 0.3) is 10.9 Å². The van der Waals surface area contributed by atoms with Gasteiger partial charge in [-0.05, 0) is 36.6 Å². The van der Waals surface area contributed by atoms with Crippen LogP contribution < -0.4 is 10.6 Å². The number of nitrogens with zero attached hydrogens (tertiary/aromatic N) is 4. The van der Waals surface area contributed by atoms with Gasteiger partial charge in [0.2, 0.25) is 0 Å². The Hall–Kier alpha value is -2.58. The molecule has 3 N–H and O–H groups in total. The summed E-state index contributed by atoms with van der Waals surface area (Å²) in [6, 6.07) is 6.18. The molecule has 0 saturated heterocycles. The average molecular weight is 416 g/mol. The minimum Gasteiger partial charge on any atom is -0.377 e. The van der Waals surface area contributed by atoms with Crippen LogP contribution in [-0.2, 0) is 30.7 Å². The molecule has 0 amide bonds. The van der Waals surface area contributed by atoms with Gasteiger partial charge in [0.15, 0.2) is 11.8 Å². The van der Waals surface area contributed by atoms with E-state index in [0.717, 1.165) is 60.5 Å². The Morgan fingerprint density at radius 2 is 2.34 bits per heavy atom. The highest BCUT2D eigenvalue weighted by Crippen LogP contribution is 2.22. The number of ether oxygens (including phenoxy) is 1. The molecular formula is C20H26ClN7O. The number of aryl methyl sites for hydroxylation is 1. The van der Waals surface area contributed by atoms with Crippen LogP contribution >= 0.6 is 11.6 Å². The Morgan fingerprint density at radius 1 is 1.45 bits per heavy atom. The second-order valence-corrected chi connectivity index (χ2v) is 7.63. The maximum Gasteiger partial charge on any atom is 0.191 e. The lowest BCUT2D eigenvalue weighted by Crippen LogP contribution is -2.47. The number of fused-ring (bicyclic) bond motifs is 2. The number of nitrogens with one attached hydrogen (secondary N) is 3. The summed E-state index contributed by atoms with van der Waals surface area (Å²) in [5, 5.41) is 13.4. The molecule has 0 bridgehead atoms. The zero-order chi connectivity index (χ0) is 20.2. The molecule has 0 aliphatic carbocycles. The number of hydrogen-bond acceptors (Lipinski definition) is 4. The van der Waals surface area contributed by atoms with Gasteiger partial charge in [-0.2, -0.15) is 5.10 Å². The number of guanidine groups is 1. The summed E-state index contributed by atoms with van der Waals surface area (Å²) in [6.45, 7) is 1.99. The Bertz CT molecular complexity index is 1010. The highest BCUT2D eigenvalue weighted by Gasteiger charge is 2.22. The number of aromatic amines is 1. The summed E-state index contributed by atoms with van der Waals surface area (Å²) in [6.07, 6.45) is 4.80. The van der Waals surface area contributed by atoms with Gasteiger partial charge in [-0.1, -0.05) is 11.6 Å². The molecule has 0 radical (unpaired) electrons. The molecule has 3 aromatic rings. The number of aromatic nitrogens is 4. The Labute approximate surface area is 174 Å². The Kier molecular flexibility index (Phi) is 6.01. The zero-order valence-electron chi connectivity index (χ0n) is 16.7. The lowest BCUT2D eigenvalue weighted by molar-refractivity contribution is 0.177. The van der Waals surface area contributed by atoms with Gasteiger partial charge in [-0.3, -0.25) is 4.99 Å². The summed E-state index contributed by atoms with van der Waals surface area (Å²) < 4.78 is 7.10. The second-order valence-electron chi connectivity index (χ2n) is 7.19. The summed E-state index contributed by atoms with van der Waals surface area (Å²) in [4.78, 5) is 12.2. The Balaban J connectivity index is 1.31. The number of aliphatic imine (C=N–C) groups is 1. The molecule has 9 heteroatoms. The first-order valence-electron chi connectivity index (χ1n) is 9.80. The van der Waals surface area contributed by atoms with E-state index in [0.29, 0.717) is 6.61 Å². The molecule has 2 aromatic heterocycles. The topological polar surface area (TPSA) is 92.2 Å². The van der Waals surface area contributed by atoms with Crippen molar-refractivity contribution in [3.8, 4) is 0 Å².